The molecule has 0 radical (unpaired) electrons. The molecule has 0 aromatic carbocycles. The van der Waals surface area contributed by atoms with Crippen LogP contribution in [0.3, 0.4) is 0 Å². The molecule has 1 aromatic rings. The highest BCUT2D eigenvalue weighted by atomic mass is 16.5. The van der Waals surface area contributed by atoms with Crippen LogP contribution >= 0.6 is 0 Å². The van der Waals surface area contributed by atoms with Gasteiger partial charge in [0.25, 0.3) is 0 Å². The smallest absolute Gasteiger partial charge is 0.142 e. The number of rotatable bonds is 5. The standard InChI is InChI=1S/C12H20N2O/c1-4-5-15-12-8-14-11(9(2)3)6-10(12)7-13/h6,8-9H,4-5,7,13H2,1-3H3. The molecular weight excluding hydrogens is 188 g/mol. The first-order chi connectivity index (χ1) is 7.19. The van der Waals surface area contributed by atoms with Crippen LogP contribution in [0.2, 0.25) is 0 Å². The molecule has 0 aliphatic heterocycles. The number of nitrogens with two attached hydrogens (primary N) is 1. The molecule has 3 heteroatoms. The third-order valence-corrected chi connectivity index (χ3v) is 2.24. The van der Waals surface area contributed by atoms with Crippen LogP contribution in [0.25, 0.3) is 0 Å². The summed E-state index contributed by atoms with van der Waals surface area (Å²) in [6.45, 7) is 7.54. The Bertz CT molecular complexity index is 310. The Morgan fingerprint density at radius 3 is 2.73 bits per heavy atom. The lowest BCUT2D eigenvalue weighted by Gasteiger charge is -2.12. The van der Waals surface area contributed by atoms with E-state index in [0.717, 1.165) is 30.0 Å². The molecule has 0 fully saturated rings. The monoisotopic (exact) mass is 208 g/mol. The molecule has 84 valence electrons. The van der Waals surface area contributed by atoms with Crippen molar-refractivity contribution in [3.63, 3.8) is 0 Å². The highest BCUT2D eigenvalue weighted by Gasteiger charge is 2.07. The summed E-state index contributed by atoms with van der Waals surface area (Å²) in [4.78, 5) is 4.36. The summed E-state index contributed by atoms with van der Waals surface area (Å²) in [5.74, 6) is 1.25. The minimum atomic E-state index is 0.426. The lowest BCUT2D eigenvalue weighted by atomic mass is 10.1. The molecule has 0 spiro atoms. The van der Waals surface area contributed by atoms with E-state index >= 15 is 0 Å². The highest BCUT2D eigenvalue weighted by Crippen LogP contribution is 2.21. The van der Waals surface area contributed by atoms with Crippen molar-refractivity contribution in [1.82, 2.24) is 4.98 Å². The molecule has 15 heavy (non-hydrogen) atoms. The highest BCUT2D eigenvalue weighted by molar-refractivity contribution is 5.33. The van der Waals surface area contributed by atoms with E-state index in [1.807, 2.05) is 6.07 Å². The van der Waals surface area contributed by atoms with Crippen molar-refractivity contribution in [3.05, 3.63) is 23.5 Å². The Hall–Kier alpha value is -1.09. The van der Waals surface area contributed by atoms with Crippen LogP contribution in [0.4, 0.5) is 0 Å². The van der Waals surface area contributed by atoms with Crippen molar-refractivity contribution in [2.24, 2.45) is 5.73 Å². The molecule has 0 aliphatic carbocycles. The maximum absolute atomic E-state index is 5.68. The average molecular weight is 208 g/mol. The van der Waals surface area contributed by atoms with Crippen molar-refractivity contribution in [1.29, 1.82) is 0 Å². The molecule has 0 bridgehead atoms. The fraction of sp³-hybridized carbons (Fsp3) is 0.583. The van der Waals surface area contributed by atoms with Crippen LogP contribution in [-0.4, -0.2) is 11.6 Å². The predicted molar refractivity (Wildman–Crippen MR) is 62.0 cm³/mol. The van der Waals surface area contributed by atoms with Gasteiger partial charge in [0.2, 0.25) is 0 Å². The Labute approximate surface area is 91.7 Å². The second-order valence-corrected chi connectivity index (χ2v) is 3.92. The quantitative estimate of drug-likeness (QED) is 0.808. The topological polar surface area (TPSA) is 48.1 Å². The molecule has 0 saturated carbocycles. The average Bonchev–Trinajstić information content (AvgIpc) is 2.25. The maximum atomic E-state index is 5.68. The van der Waals surface area contributed by atoms with E-state index in [4.69, 9.17) is 10.5 Å². The van der Waals surface area contributed by atoms with Crippen molar-refractivity contribution in [3.8, 4) is 5.75 Å². The van der Waals surface area contributed by atoms with Crippen molar-refractivity contribution in [2.45, 2.75) is 39.7 Å². The molecule has 0 amide bonds. The number of hydrogen-bond acceptors (Lipinski definition) is 3. The fourth-order valence-corrected chi connectivity index (χ4v) is 1.32. The third kappa shape index (κ3) is 3.20. The van der Waals surface area contributed by atoms with Gasteiger partial charge in [-0.15, -0.1) is 0 Å². The summed E-state index contributed by atoms with van der Waals surface area (Å²) >= 11 is 0. The molecule has 0 atom stereocenters. The van der Waals surface area contributed by atoms with Crippen LogP contribution in [-0.2, 0) is 6.54 Å². The van der Waals surface area contributed by atoms with E-state index < -0.39 is 0 Å². The lowest BCUT2D eigenvalue weighted by Crippen LogP contribution is -2.06. The molecule has 3 nitrogen and oxygen atoms in total. The van der Waals surface area contributed by atoms with E-state index in [0.29, 0.717) is 12.5 Å². The summed E-state index contributed by atoms with van der Waals surface area (Å²) in [5.41, 5.74) is 7.80. The van der Waals surface area contributed by atoms with Crippen LogP contribution in [0.1, 0.15) is 44.4 Å². The minimum Gasteiger partial charge on any atom is -0.492 e. The van der Waals surface area contributed by atoms with Crippen LogP contribution in [0.5, 0.6) is 5.75 Å². The predicted octanol–water partition coefficient (Wildman–Crippen LogP) is 2.45. The molecule has 1 aromatic heterocycles. The van der Waals surface area contributed by atoms with Crippen molar-refractivity contribution < 1.29 is 4.74 Å². The van der Waals surface area contributed by atoms with Gasteiger partial charge in [0.05, 0.1) is 12.8 Å². The third-order valence-electron chi connectivity index (χ3n) is 2.24. The van der Waals surface area contributed by atoms with Crippen molar-refractivity contribution in [2.75, 3.05) is 6.61 Å². The second kappa shape index (κ2) is 5.71. The Morgan fingerprint density at radius 2 is 2.20 bits per heavy atom. The maximum Gasteiger partial charge on any atom is 0.142 e. The summed E-state index contributed by atoms with van der Waals surface area (Å²) < 4.78 is 5.57. The molecule has 0 unspecified atom stereocenters. The number of nitrogens with zero attached hydrogens (tertiary/aromatic N) is 1. The first-order valence-electron chi connectivity index (χ1n) is 5.50. The number of pyridine rings is 1. The van der Waals surface area contributed by atoms with Gasteiger partial charge in [0.15, 0.2) is 0 Å². The Kier molecular flexibility index (Phi) is 4.56. The van der Waals surface area contributed by atoms with Gasteiger partial charge in [-0.1, -0.05) is 20.8 Å². The van der Waals surface area contributed by atoms with E-state index in [1.54, 1.807) is 6.20 Å². The van der Waals surface area contributed by atoms with Gasteiger partial charge in [0.1, 0.15) is 5.75 Å². The molecule has 0 saturated heterocycles. The van der Waals surface area contributed by atoms with E-state index in [-0.39, 0.29) is 0 Å². The molecular formula is C12H20N2O. The Balaban J connectivity index is 2.88. The SMILES string of the molecule is CCCOc1cnc(C(C)C)cc1CN. The number of aromatic nitrogens is 1. The molecule has 1 heterocycles. The normalized spacial score (nSPS) is 10.7. The van der Waals surface area contributed by atoms with Gasteiger partial charge in [-0.25, -0.2) is 0 Å². The zero-order valence-corrected chi connectivity index (χ0v) is 9.79. The lowest BCUT2D eigenvalue weighted by molar-refractivity contribution is 0.312. The fourth-order valence-electron chi connectivity index (χ4n) is 1.32. The molecule has 1 rings (SSSR count). The minimum absolute atomic E-state index is 0.426. The zero-order chi connectivity index (χ0) is 11.3. The van der Waals surface area contributed by atoms with Crippen LogP contribution < -0.4 is 10.5 Å². The van der Waals surface area contributed by atoms with E-state index in [9.17, 15) is 0 Å². The van der Waals surface area contributed by atoms with E-state index in [2.05, 4.69) is 25.8 Å². The van der Waals surface area contributed by atoms with Gasteiger partial charge in [-0.05, 0) is 18.4 Å². The summed E-state index contributed by atoms with van der Waals surface area (Å²) in [7, 11) is 0. The molecule has 2 N–H and O–H groups in total. The first kappa shape index (κ1) is 12.0. The molecule has 0 aliphatic rings. The van der Waals surface area contributed by atoms with Crippen molar-refractivity contribution >= 4 is 0 Å². The van der Waals surface area contributed by atoms with Crippen LogP contribution in [0, 0.1) is 0 Å². The van der Waals surface area contributed by atoms with Gasteiger partial charge in [0, 0.05) is 17.8 Å². The number of hydrogen-bond donors (Lipinski definition) is 1. The number of ether oxygens (including phenoxy) is 1. The summed E-state index contributed by atoms with van der Waals surface area (Å²) in [6.07, 6.45) is 2.78. The second-order valence-electron chi connectivity index (χ2n) is 3.92. The largest absolute Gasteiger partial charge is 0.492 e. The van der Waals surface area contributed by atoms with Gasteiger partial charge in [-0.3, -0.25) is 4.98 Å². The zero-order valence-electron chi connectivity index (χ0n) is 9.79. The van der Waals surface area contributed by atoms with E-state index in [1.165, 1.54) is 0 Å². The van der Waals surface area contributed by atoms with Gasteiger partial charge >= 0.3 is 0 Å². The summed E-state index contributed by atoms with van der Waals surface area (Å²) in [5, 5.41) is 0. The Morgan fingerprint density at radius 1 is 1.47 bits per heavy atom. The summed E-state index contributed by atoms with van der Waals surface area (Å²) in [6, 6.07) is 2.04. The first-order valence-corrected chi connectivity index (χ1v) is 5.50. The van der Waals surface area contributed by atoms with Crippen LogP contribution in [0.15, 0.2) is 12.3 Å². The van der Waals surface area contributed by atoms with Gasteiger partial charge in [-0.2, -0.15) is 0 Å². The van der Waals surface area contributed by atoms with Gasteiger partial charge < -0.3 is 10.5 Å².